The number of aromatic amines is 1. The van der Waals surface area contributed by atoms with Crippen molar-refractivity contribution in [3.8, 4) is 46.2 Å². The van der Waals surface area contributed by atoms with Gasteiger partial charge in [0.1, 0.15) is 29.7 Å². The van der Waals surface area contributed by atoms with Gasteiger partial charge < -0.3 is 29.4 Å². The lowest BCUT2D eigenvalue weighted by Gasteiger charge is -2.25. The second-order valence-electron chi connectivity index (χ2n) is 8.76. The maximum Gasteiger partial charge on any atom is 0.244 e. The highest BCUT2D eigenvalue weighted by molar-refractivity contribution is 6.42. The summed E-state index contributed by atoms with van der Waals surface area (Å²) in [7, 11) is 4.69. The number of aromatic nitrogens is 2. The predicted octanol–water partition coefficient (Wildman–Crippen LogP) is 6.21. The van der Waals surface area contributed by atoms with Crippen LogP contribution in [0.3, 0.4) is 0 Å². The SMILES string of the molecule is COc1ccc(OC)c(-c2[nH]nc3c2[C@@H](c2ccc(OCc4ccc(Cl)c(Cl)c4)c(OC)c2)C(C#N)=C(N)O3)c1. The molecule has 3 aromatic carbocycles. The van der Waals surface area contributed by atoms with Crippen molar-refractivity contribution >= 4 is 23.2 Å². The third-order valence-corrected chi connectivity index (χ3v) is 7.25. The Labute approximate surface area is 240 Å². The molecular weight excluding hydrogens is 555 g/mol. The third kappa shape index (κ3) is 4.95. The third-order valence-electron chi connectivity index (χ3n) is 6.51. The van der Waals surface area contributed by atoms with Gasteiger partial charge in [0.25, 0.3) is 0 Å². The van der Waals surface area contributed by atoms with E-state index in [9.17, 15) is 5.26 Å². The Morgan fingerprint density at radius 2 is 1.73 bits per heavy atom. The van der Waals surface area contributed by atoms with Crippen LogP contribution in [-0.2, 0) is 6.61 Å². The molecule has 0 spiro atoms. The number of benzene rings is 3. The molecule has 1 atom stereocenters. The lowest BCUT2D eigenvalue weighted by atomic mass is 9.82. The van der Waals surface area contributed by atoms with Gasteiger partial charge in [0.05, 0.1) is 48.5 Å². The van der Waals surface area contributed by atoms with E-state index in [1.54, 1.807) is 57.7 Å². The zero-order valence-corrected chi connectivity index (χ0v) is 23.3. The first kappa shape index (κ1) is 27.1. The summed E-state index contributed by atoms with van der Waals surface area (Å²) in [6.45, 7) is 0.242. The lowest BCUT2D eigenvalue weighted by Crippen LogP contribution is -2.21. The molecule has 0 saturated carbocycles. The maximum absolute atomic E-state index is 10.1. The number of nitrogens with zero attached hydrogens (tertiary/aromatic N) is 2. The van der Waals surface area contributed by atoms with E-state index in [0.29, 0.717) is 55.4 Å². The Morgan fingerprint density at radius 3 is 2.42 bits per heavy atom. The largest absolute Gasteiger partial charge is 0.497 e. The van der Waals surface area contributed by atoms with E-state index >= 15 is 0 Å². The molecule has 5 rings (SSSR count). The molecule has 0 bridgehead atoms. The number of nitriles is 1. The molecule has 11 heteroatoms. The van der Waals surface area contributed by atoms with Crippen molar-refractivity contribution in [3.63, 3.8) is 0 Å². The monoisotopic (exact) mass is 578 g/mol. The molecule has 2 heterocycles. The lowest BCUT2D eigenvalue weighted by molar-refractivity contribution is 0.284. The van der Waals surface area contributed by atoms with Crippen LogP contribution in [0.1, 0.15) is 22.6 Å². The van der Waals surface area contributed by atoms with Crippen LogP contribution in [0.25, 0.3) is 11.3 Å². The minimum absolute atomic E-state index is 0.0328. The number of nitrogens with two attached hydrogens (primary N) is 1. The van der Waals surface area contributed by atoms with E-state index in [1.807, 2.05) is 18.2 Å². The quantitative estimate of drug-likeness (QED) is 0.253. The fourth-order valence-electron chi connectivity index (χ4n) is 4.57. The first-order chi connectivity index (χ1) is 19.4. The van der Waals surface area contributed by atoms with E-state index in [1.165, 1.54) is 0 Å². The van der Waals surface area contributed by atoms with Gasteiger partial charge in [-0.2, -0.15) is 5.26 Å². The number of ether oxygens (including phenoxy) is 5. The molecule has 40 heavy (non-hydrogen) atoms. The van der Waals surface area contributed by atoms with Gasteiger partial charge in [-0.25, -0.2) is 0 Å². The van der Waals surface area contributed by atoms with Crippen LogP contribution in [0.4, 0.5) is 0 Å². The second-order valence-corrected chi connectivity index (χ2v) is 9.57. The first-order valence-electron chi connectivity index (χ1n) is 12.0. The number of nitrogens with one attached hydrogen (secondary N) is 1. The normalized spacial score (nSPS) is 14.2. The number of rotatable bonds is 8. The summed E-state index contributed by atoms with van der Waals surface area (Å²) in [5, 5.41) is 18.4. The minimum Gasteiger partial charge on any atom is -0.497 e. The molecule has 4 aromatic rings. The summed E-state index contributed by atoms with van der Waals surface area (Å²) in [6, 6.07) is 18.3. The van der Waals surface area contributed by atoms with Crippen LogP contribution in [0.5, 0.6) is 28.9 Å². The van der Waals surface area contributed by atoms with E-state index < -0.39 is 5.92 Å². The highest BCUT2D eigenvalue weighted by Gasteiger charge is 2.36. The molecule has 1 aliphatic rings. The average molecular weight is 579 g/mol. The molecular formula is C29H24Cl2N4O5. The van der Waals surface area contributed by atoms with Crippen molar-refractivity contribution in [1.82, 2.24) is 10.2 Å². The molecule has 204 valence electrons. The Hall–Kier alpha value is -4.52. The van der Waals surface area contributed by atoms with Crippen molar-refractivity contribution in [2.75, 3.05) is 21.3 Å². The Balaban J connectivity index is 1.57. The summed E-state index contributed by atoms with van der Waals surface area (Å²) in [6.07, 6.45) is 0. The summed E-state index contributed by atoms with van der Waals surface area (Å²) >= 11 is 12.2. The minimum atomic E-state index is -0.628. The zero-order valence-electron chi connectivity index (χ0n) is 21.7. The average Bonchev–Trinajstić information content (AvgIpc) is 3.39. The van der Waals surface area contributed by atoms with Gasteiger partial charge in [0.15, 0.2) is 11.5 Å². The van der Waals surface area contributed by atoms with Gasteiger partial charge in [0.2, 0.25) is 11.8 Å². The van der Waals surface area contributed by atoms with Crippen LogP contribution in [0, 0.1) is 11.3 Å². The van der Waals surface area contributed by atoms with Gasteiger partial charge in [-0.1, -0.05) is 35.3 Å². The number of H-pyrrole nitrogens is 1. The Kier molecular flexibility index (Phi) is 7.65. The summed E-state index contributed by atoms with van der Waals surface area (Å²) in [4.78, 5) is 0. The number of allylic oxidation sites excluding steroid dienone is 1. The van der Waals surface area contributed by atoms with Crippen LogP contribution < -0.4 is 29.4 Å². The van der Waals surface area contributed by atoms with Crippen LogP contribution >= 0.6 is 23.2 Å². The fourth-order valence-corrected chi connectivity index (χ4v) is 4.89. The topological polar surface area (TPSA) is 125 Å². The molecule has 0 aliphatic carbocycles. The number of fused-ring (bicyclic) bond motifs is 1. The van der Waals surface area contributed by atoms with E-state index in [2.05, 4.69) is 16.3 Å². The van der Waals surface area contributed by atoms with Crippen molar-refractivity contribution in [3.05, 3.63) is 92.8 Å². The second kappa shape index (κ2) is 11.3. The molecule has 0 amide bonds. The molecule has 9 nitrogen and oxygen atoms in total. The molecule has 0 fully saturated rings. The summed E-state index contributed by atoms with van der Waals surface area (Å²) in [5.74, 6) is 1.75. The summed E-state index contributed by atoms with van der Waals surface area (Å²) in [5.41, 5.74) is 9.84. The van der Waals surface area contributed by atoms with Crippen molar-refractivity contribution in [1.29, 1.82) is 5.26 Å². The van der Waals surface area contributed by atoms with Crippen molar-refractivity contribution in [2.24, 2.45) is 5.73 Å². The highest BCUT2D eigenvalue weighted by atomic mass is 35.5. The molecule has 1 aliphatic heterocycles. The van der Waals surface area contributed by atoms with E-state index in [-0.39, 0.29) is 23.9 Å². The van der Waals surface area contributed by atoms with Crippen molar-refractivity contribution < 1.29 is 23.7 Å². The molecule has 1 aromatic heterocycles. The maximum atomic E-state index is 10.1. The summed E-state index contributed by atoms with van der Waals surface area (Å²) < 4.78 is 28.5. The number of halogens is 2. The Morgan fingerprint density at radius 1 is 0.950 bits per heavy atom. The smallest absolute Gasteiger partial charge is 0.244 e. The number of methoxy groups -OCH3 is 3. The standard InChI is InChI=1S/C29H24Cl2N4O5/c1-36-17-6-9-22(37-2)18(12-17)27-26-25(19(13-32)28(33)40-29(26)35-34-27)16-5-8-23(24(11-16)38-3)39-14-15-4-7-20(30)21(31)10-15/h4-12,25H,14,33H2,1-3H3,(H,34,35)/t25-/m0/s1. The van der Waals surface area contributed by atoms with Gasteiger partial charge in [-0.05, 0) is 53.6 Å². The van der Waals surface area contributed by atoms with Crippen LogP contribution in [0.15, 0.2) is 66.1 Å². The number of hydrogen-bond acceptors (Lipinski definition) is 8. The molecule has 3 N–H and O–H groups in total. The predicted molar refractivity (Wildman–Crippen MR) is 150 cm³/mol. The molecule has 0 radical (unpaired) electrons. The van der Waals surface area contributed by atoms with Gasteiger partial charge in [-0.3, -0.25) is 5.10 Å². The van der Waals surface area contributed by atoms with E-state index in [0.717, 1.165) is 5.56 Å². The van der Waals surface area contributed by atoms with Gasteiger partial charge in [0, 0.05) is 5.56 Å². The fraction of sp³-hybridized carbons (Fsp3) is 0.172. The zero-order chi connectivity index (χ0) is 28.4. The van der Waals surface area contributed by atoms with Gasteiger partial charge in [-0.15, -0.1) is 5.10 Å². The number of hydrogen-bond donors (Lipinski definition) is 2. The van der Waals surface area contributed by atoms with Crippen molar-refractivity contribution in [2.45, 2.75) is 12.5 Å². The Bertz CT molecular complexity index is 1660. The van der Waals surface area contributed by atoms with Crippen LogP contribution in [0.2, 0.25) is 10.0 Å². The van der Waals surface area contributed by atoms with Gasteiger partial charge >= 0.3 is 0 Å². The molecule has 0 saturated heterocycles. The molecule has 0 unspecified atom stereocenters. The first-order valence-corrected chi connectivity index (χ1v) is 12.8. The van der Waals surface area contributed by atoms with Crippen LogP contribution in [-0.4, -0.2) is 31.5 Å². The highest BCUT2D eigenvalue weighted by Crippen LogP contribution is 2.48. The van der Waals surface area contributed by atoms with E-state index in [4.69, 9.17) is 52.6 Å².